The maximum Gasteiger partial charge on any atom is 0.346 e. The minimum Gasteiger partial charge on any atom is -0.479 e. The summed E-state index contributed by atoms with van der Waals surface area (Å²) in [5.74, 6) is -0.997. The molecule has 0 aromatic carbocycles. The van der Waals surface area contributed by atoms with Crippen LogP contribution in [0.15, 0.2) is 45.6 Å². The van der Waals surface area contributed by atoms with Crippen molar-refractivity contribution >= 4 is 28.6 Å². The largest absolute Gasteiger partial charge is 0.479 e. The van der Waals surface area contributed by atoms with Crippen molar-refractivity contribution in [3.05, 3.63) is 45.6 Å². The molecule has 0 spiro atoms. The number of carboxylic acids is 1. The third-order valence-electron chi connectivity index (χ3n) is 3.09. The molecule has 0 amide bonds. The number of hydrogen-bond donors (Lipinski definition) is 1. The van der Waals surface area contributed by atoms with E-state index in [0.717, 1.165) is 12.8 Å². The molecule has 0 heterocycles. The first-order valence-corrected chi connectivity index (χ1v) is 8.74. The lowest BCUT2D eigenvalue weighted by Crippen LogP contribution is -2.35. The Morgan fingerprint density at radius 3 is 2.45 bits per heavy atom. The molecule has 0 aliphatic rings. The van der Waals surface area contributed by atoms with Gasteiger partial charge in [0.25, 0.3) is 0 Å². The highest BCUT2D eigenvalue weighted by atomic mass is 127. The second kappa shape index (κ2) is 10.8. The van der Waals surface area contributed by atoms with Crippen molar-refractivity contribution < 1.29 is 14.3 Å². The number of aliphatic carboxylic acids is 1. The first-order valence-electron chi connectivity index (χ1n) is 7.49. The third-order valence-corrected chi connectivity index (χ3v) is 3.76. The standard InChI is InChI=1S/C18H26FIO2/c1-5-6-7-10-15(4)12-18(19,17(21)22)16(13-20)11-8-9-14(2)3/h6-8,10-11,13-14H,5,9,12H2,1-4H3,(H,21,22)/b7-6-,11-8-,15-10+,16-13+. The Morgan fingerprint density at radius 1 is 1.36 bits per heavy atom. The average molecular weight is 420 g/mol. The second-order valence-electron chi connectivity index (χ2n) is 5.73. The first kappa shape index (κ1) is 21.1. The highest BCUT2D eigenvalue weighted by Crippen LogP contribution is 2.32. The predicted molar refractivity (Wildman–Crippen MR) is 100.0 cm³/mol. The smallest absolute Gasteiger partial charge is 0.346 e. The van der Waals surface area contributed by atoms with Gasteiger partial charge in [0.1, 0.15) is 0 Å². The molecule has 1 unspecified atom stereocenters. The van der Waals surface area contributed by atoms with Crippen LogP contribution in [0.1, 0.15) is 47.0 Å². The van der Waals surface area contributed by atoms with Gasteiger partial charge in [-0.2, -0.15) is 0 Å². The minimum atomic E-state index is -2.39. The fourth-order valence-electron chi connectivity index (χ4n) is 1.83. The van der Waals surface area contributed by atoms with Crippen LogP contribution in [0.5, 0.6) is 0 Å². The van der Waals surface area contributed by atoms with Crippen LogP contribution in [0.4, 0.5) is 4.39 Å². The Kier molecular flexibility index (Phi) is 10.3. The van der Waals surface area contributed by atoms with Crippen molar-refractivity contribution in [3.8, 4) is 0 Å². The van der Waals surface area contributed by atoms with Crippen molar-refractivity contribution in [1.29, 1.82) is 0 Å². The molecule has 1 atom stereocenters. The molecule has 0 rings (SSSR count). The quantitative estimate of drug-likeness (QED) is 0.367. The molecule has 0 radical (unpaired) electrons. The van der Waals surface area contributed by atoms with Crippen molar-refractivity contribution in [2.45, 2.75) is 52.6 Å². The van der Waals surface area contributed by atoms with Crippen LogP contribution in [0, 0.1) is 5.92 Å². The molecule has 0 saturated carbocycles. The van der Waals surface area contributed by atoms with Crippen molar-refractivity contribution in [2.75, 3.05) is 0 Å². The summed E-state index contributed by atoms with van der Waals surface area (Å²) in [6.45, 7) is 7.88. The number of carboxylic acid groups (broad SMARTS) is 1. The number of alkyl halides is 1. The number of rotatable bonds is 9. The molecule has 1 N–H and O–H groups in total. The van der Waals surface area contributed by atoms with Gasteiger partial charge in [-0.05, 0) is 29.8 Å². The molecule has 124 valence electrons. The second-order valence-corrected chi connectivity index (χ2v) is 6.35. The zero-order valence-corrected chi connectivity index (χ0v) is 15.9. The molecule has 2 nitrogen and oxygen atoms in total. The van der Waals surface area contributed by atoms with Gasteiger partial charge in [-0.15, -0.1) is 0 Å². The molecule has 0 bridgehead atoms. The van der Waals surface area contributed by atoms with E-state index in [4.69, 9.17) is 0 Å². The summed E-state index contributed by atoms with van der Waals surface area (Å²) >= 11 is 1.90. The normalized spacial score (nSPS) is 16.7. The van der Waals surface area contributed by atoms with Crippen molar-refractivity contribution in [2.24, 2.45) is 5.92 Å². The zero-order chi connectivity index (χ0) is 17.2. The van der Waals surface area contributed by atoms with Crippen molar-refractivity contribution in [1.82, 2.24) is 0 Å². The molecule has 22 heavy (non-hydrogen) atoms. The van der Waals surface area contributed by atoms with Crippen LogP contribution in [0.25, 0.3) is 0 Å². The van der Waals surface area contributed by atoms with E-state index in [0.29, 0.717) is 11.5 Å². The molecule has 0 aromatic heterocycles. The highest BCUT2D eigenvalue weighted by Gasteiger charge is 2.41. The number of carbonyl (C=O) groups is 1. The SMILES string of the molecule is CC/C=C\C=C(/C)CC(F)(C(=O)O)C(/C=C\CC(C)C)=C/I. The Bertz CT molecular complexity index is 475. The summed E-state index contributed by atoms with van der Waals surface area (Å²) in [5, 5.41) is 9.36. The van der Waals surface area contributed by atoms with E-state index in [2.05, 4.69) is 13.8 Å². The van der Waals surface area contributed by atoms with Crippen LogP contribution < -0.4 is 0 Å². The van der Waals surface area contributed by atoms with Gasteiger partial charge >= 0.3 is 5.97 Å². The minimum absolute atomic E-state index is 0.156. The van der Waals surface area contributed by atoms with Gasteiger partial charge in [0.05, 0.1) is 0 Å². The van der Waals surface area contributed by atoms with Crippen LogP contribution in [0.3, 0.4) is 0 Å². The number of hydrogen-bond acceptors (Lipinski definition) is 1. The zero-order valence-electron chi connectivity index (χ0n) is 13.8. The van der Waals surface area contributed by atoms with Gasteiger partial charge in [0.2, 0.25) is 5.67 Å². The van der Waals surface area contributed by atoms with E-state index in [-0.39, 0.29) is 12.0 Å². The summed E-state index contributed by atoms with van der Waals surface area (Å²) < 4.78 is 16.6. The molecular weight excluding hydrogens is 394 g/mol. The average Bonchev–Trinajstić information content (AvgIpc) is 2.43. The predicted octanol–water partition coefficient (Wildman–Crippen LogP) is 6.00. The Balaban J connectivity index is 5.30. The molecule has 0 fully saturated rings. The van der Waals surface area contributed by atoms with E-state index in [1.165, 1.54) is 4.08 Å². The number of halogens is 2. The summed E-state index contributed by atoms with van der Waals surface area (Å²) in [6.07, 6.45) is 10.5. The van der Waals surface area contributed by atoms with E-state index in [9.17, 15) is 9.90 Å². The maximum atomic E-state index is 15.1. The Morgan fingerprint density at radius 2 is 2.00 bits per heavy atom. The fraction of sp³-hybridized carbons (Fsp3) is 0.500. The summed E-state index contributed by atoms with van der Waals surface area (Å²) in [5.41, 5.74) is -1.51. The first-order chi connectivity index (χ1) is 10.3. The van der Waals surface area contributed by atoms with E-state index in [1.807, 2.05) is 47.7 Å². The third kappa shape index (κ3) is 7.38. The summed E-state index contributed by atoms with van der Waals surface area (Å²) in [4.78, 5) is 11.5. The van der Waals surface area contributed by atoms with Crippen LogP contribution >= 0.6 is 22.6 Å². The van der Waals surface area contributed by atoms with Gasteiger partial charge in [0, 0.05) is 12.0 Å². The molecule has 0 aliphatic heterocycles. The van der Waals surface area contributed by atoms with Crippen LogP contribution in [-0.2, 0) is 4.79 Å². The van der Waals surface area contributed by atoms with Gasteiger partial charge in [-0.25, -0.2) is 9.18 Å². The lowest BCUT2D eigenvalue weighted by Gasteiger charge is -2.22. The van der Waals surface area contributed by atoms with Crippen molar-refractivity contribution in [3.63, 3.8) is 0 Å². The maximum absolute atomic E-state index is 15.1. The van der Waals surface area contributed by atoms with Gasteiger partial charge < -0.3 is 5.11 Å². The van der Waals surface area contributed by atoms with Crippen LogP contribution in [0.2, 0.25) is 0 Å². The van der Waals surface area contributed by atoms with Crippen LogP contribution in [-0.4, -0.2) is 16.7 Å². The van der Waals surface area contributed by atoms with E-state index in [1.54, 1.807) is 19.1 Å². The molecule has 4 heteroatoms. The molecule has 0 aliphatic carbocycles. The Hall–Kier alpha value is -0.910. The van der Waals surface area contributed by atoms with E-state index >= 15 is 4.39 Å². The monoisotopic (exact) mass is 420 g/mol. The molecule has 0 aromatic rings. The van der Waals surface area contributed by atoms with Gasteiger partial charge in [-0.1, -0.05) is 79.3 Å². The fourth-order valence-corrected chi connectivity index (χ4v) is 2.54. The topological polar surface area (TPSA) is 37.3 Å². The Labute approximate surface area is 147 Å². The molecular formula is C18H26FIO2. The van der Waals surface area contributed by atoms with Gasteiger partial charge in [0.15, 0.2) is 0 Å². The highest BCUT2D eigenvalue weighted by molar-refractivity contribution is 14.1. The summed E-state index contributed by atoms with van der Waals surface area (Å²) in [7, 11) is 0. The lowest BCUT2D eigenvalue weighted by molar-refractivity contribution is -0.147. The number of allylic oxidation sites excluding steroid dienone is 6. The molecule has 0 saturated heterocycles. The summed E-state index contributed by atoms with van der Waals surface area (Å²) in [6, 6.07) is 0. The lowest BCUT2D eigenvalue weighted by atomic mass is 9.89. The van der Waals surface area contributed by atoms with E-state index < -0.39 is 11.6 Å². The van der Waals surface area contributed by atoms with Gasteiger partial charge in [-0.3, -0.25) is 0 Å².